The van der Waals surface area contributed by atoms with E-state index in [0.717, 1.165) is 5.56 Å². The van der Waals surface area contributed by atoms with Gasteiger partial charge in [0, 0.05) is 5.02 Å². The Labute approximate surface area is 161 Å². The molecule has 1 aromatic heterocycles. The molecule has 0 radical (unpaired) electrons. The van der Waals surface area contributed by atoms with E-state index in [0.29, 0.717) is 27.9 Å². The number of para-hydroxylation sites is 1. The van der Waals surface area contributed by atoms with Crippen LogP contribution in [0.15, 0.2) is 42.5 Å². The summed E-state index contributed by atoms with van der Waals surface area (Å²) in [6, 6.07) is 12.3. The highest BCUT2D eigenvalue weighted by Crippen LogP contribution is 2.28. The van der Waals surface area contributed by atoms with Crippen molar-refractivity contribution >= 4 is 23.5 Å². The van der Waals surface area contributed by atoms with Crippen molar-refractivity contribution in [2.75, 3.05) is 12.4 Å². The van der Waals surface area contributed by atoms with E-state index >= 15 is 0 Å². The number of benzene rings is 2. The molecule has 0 aliphatic rings. The van der Waals surface area contributed by atoms with Gasteiger partial charge in [-0.15, -0.1) is 5.10 Å². The molecule has 0 aliphatic heterocycles. The fourth-order valence-electron chi connectivity index (χ4n) is 2.48. The molecule has 0 spiro atoms. The van der Waals surface area contributed by atoms with Crippen LogP contribution in [0.1, 0.15) is 24.2 Å². The zero-order chi connectivity index (χ0) is 19.4. The molecular weight excluding hydrogens is 368 g/mol. The van der Waals surface area contributed by atoms with Crippen molar-refractivity contribution in [2.45, 2.75) is 20.0 Å². The number of carbonyl (C=O) groups excluding carboxylic acids is 1. The Balaban J connectivity index is 1.84. The number of nitrogens with zero attached hydrogens (tertiary/aromatic N) is 2. The van der Waals surface area contributed by atoms with Crippen LogP contribution in [0.4, 0.5) is 5.95 Å². The Bertz CT molecular complexity index is 956. The highest BCUT2D eigenvalue weighted by molar-refractivity contribution is 6.31. The van der Waals surface area contributed by atoms with E-state index in [1.54, 1.807) is 25.3 Å². The molecule has 2 N–H and O–H groups in total. The van der Waals surface area contributed by atoms with Gasteiger partial charge in [0.05, 0.1) is 24.3 Å². The molecule has 3 rings (SSSR count). The van der Waals surface area contributed by atoms with Crippen LogP contribution in [-0.2, 0) is 0 Å². The molecule has 0 bridgehead atoms. The van der Waals surface area contributed by atoms with E-state index in [9.17, 15) is 4.79 Å². The van der Waals surface area contributed by atoms with Gasteiger partial charge >= 0.3 is 0 Å². The number of halogens is 1. The summed E-state index contributed by atoms with van der Waals surface area (Å²) in [5.74, 6) is 1.28. The average Bonchev–Trinajstić information content (AvgIpc) is 3.11. The molecule has 0 unspecified atom stereocenters. The Kier molecular flexibility index (Phi) is 5.61. The summed E-state index contributed by atoms with van der Waals surface area (Å²) in [7, 11) is 1.58. The molecule has 0 atom stereocenters. The van der Waals surface area contributed by atoms with E-state index < -0.39 is 5.91 Å². The third-order valence-electron chi connectivity index (χ3n) is 3.62. The third kappa shape index (κ3) is 4.38. The van der Waals surface area contributed by atoms with Gasteiger partial charge in [-0.05, 0) is 44.2 Å². The van der Waals surface area contributed by atoms with Gasteiger partial charge in [0.1, 0.15) is 11.5 Å². The van der Waals surface area contributed by atoms with Crippen molar-refractivity contribution < 1.29 is 14.3 Å². The van der Waals surface area contributed by atoms with Crippen molar-refractivity contribution in [3.05, 3.63) is 53.1 Å². The summed E-state index contributed by atoms with van der Waals surface area (Å²) in [5, 5.41) is 9.93. The first-order chi connectivity index (χ1) is 13.0. The van der Waals surface area contributed by atoms with Crippen LogP contribution in [0.3, 0.4) is 0 Å². The first-order valence-corrected chi connectivity index (χ1v) is 8.69. The Morgan fingerprint density at radius 2 is 1.96 bits per heavy atom. The van der Waals surface area contributed by atoms with E-state index in [1.807, 2.05) is 38.1 Å². The van der Waals surface area contributed by atoms with Crippen LogP contribution in [0.25, 0.3) is 11.4 Å². The predicted molar refractivity (Wildman–Crippen MR) is 104 cm³/mol. The van der Waals surface area contributed by atoms with Crippen molar-refractivity contribution in [2.24, 2.45) is 0 Å². The lowest BCUT2D eigenvalue weighted by atomic mass is 10.2. The standard InChI is InChI=1S/C19H19ClN4O3/c1-11(2)27-16-9-8-12(20)10-14(16)18(25)22-19-21-17(23-24-19)13-6-4-5-7-15(13)26-3/h4-11H,1-3H3,(H2,21,22,23,24,25). The molecule has 8 heteroatoms. The number of carbonyl (C=O) groups is 1. The smallest absolute Gasteiger partial charge is 0.261 e. The number of amides is 1. The van der Waals surface area contributed by atoms with E-state index in [-0.39, 0.29) is 12.1 Å². The number of ether oxygens (including phenoxy) is 2. The quantitative estimate of drug-likeness (QED) is 0.663. The average molecular weight is 387 g/mol. The SMILES string of the molecule is COc1ccccc1-c1nc(NC(=O)c2cc(Cl)ccc2OC(C)C)n[nH]1. The molecule has 0 saturated heterocycles. The maximum Gasteiger partial charge on any atom is 0.261 e. The second-order valence-corrected chi connectivity index (χ2v) is 6.41. The lowest BCUT2D eigenvalue weighted by molar-refractivity contribution is 0.102. The fraction of sp³-hybridized carbons (Fsp3) is 0.211. The minimum atomic E-state index is -0.418. The zero-order valence-corrected chi connectivity index (χ0v) is 15.9. The topological polar surface area (TPSA) is 89.1 Å². The van der Waals surface area contributed by atoms with Gasteiger partial charge in [0.2, 0.25) is 5.95 Å². The summed E-state index contributed by atoms with van der Waals surface area (Å²) in [5.41, 5.74) is 1.04. The number of aromatic nitrogens is 3. The predicted octanol–water partition coefficient (Wildman–Crippen LogP) is 4.17. The van der Waals surface area contributed by atoms with Crippen LogP contribution in [-0.4, -0.2) is 34.3 Å². The van der Waals surface area contributed by atoms with Gasteiger partial charge in [-0.25, -0.2) is 0 Å². The van der Waals surface area contributed by atoms with Gasteiger partial charge in [-0.2, -0.15) is 4.98 Å². The van der Waals surface area contributed by atoms with Crippen LogP contribution in [0.5, 0.6) is 11.5 Å². The number of hydrogen-bond acceptors (Lipinski definition) is 5. The van der Waals surface area contributed by atoms with Crippen LogP contribution >= 0.6 is 11.6 Å². The van der Waals surface area contributed by atoms with Crippen molar-refractivity contribution in [1.82, 2.24) is 15.2 Å². The molecule has 7 nitrogen and oxygen atoms in total. The van der Waals surface area contributed by atoms with Gasteiger partial charge in [0.25, 0.3) is 5.91 Å². The maximum absolute atomic E-state index is 12.7. The number of H-pyrrole nitrogens is 1. The number of anilines is 1. The molecule has 0 saturated carbocycles. The summed E-state index contributed by atoms with van der Waals surface area (Å²) >= 11 is 6.03. The molecule has 3 aromatic rings. The molecule has 1 amide bonds. The zero-order valence-electron chi connectivity index (χ0n) is 15.1. The van der Waals surface area contributed by atoms with Crippen LogP contribution in [0, 0.1) is 0 Å². The van der Waals surface area contributed by atoms with Gasteiger partial charge in [0.15, 0.2) is 5.82 Å². The molecule has 2 aromatic carbocycles. The monoisotopic (exact) mass is 386 g/mol. The maximum atomic E-state index is 12.7. The highest BCUT2D eigenvalue weighted by Gasteiger charge is 2.17. The number of methoxy groups -OCH3 is 1. The summed E-state index contributed by atoms with van der Waals surface area (Å²) in [6.45, 7) is 3.76. The fourth-order valence-corrected chi connectivity index (χ4v) is 2.66. The largest absolute Gasteiger partial charge is 0.496 e. The van der Waals surface area contributed by atoms with Gasteiger partial charge in [-0.1, -0.05) is 23.7 Å². The minimum absolute atomic E-state index is 0.0848. The molecule has 0 aliphatic carbocycles. The lowest BCUT2D eigenvalue weighted by Gasteiger charge is -2.13. The van der Waals surface area contributed by atoms with Crippen molar-refractivity contribution in [3.63, 3.8) is 0 Å². The molecule has 27 heavy (non-hydrogen) atoms. The van der Waals surface area contributed by atoms with Crippen LogP contribution < -0.4 is 14.8 Å². The second-order valence-electron chi connectivity index (χ2n) is 5.97. The van der Waals surface area contributed by atoms with Gasteiger partial charge in [-0.3, -0.25) is 15.2 Å². The van der Waals surface area contributed by atoms with E-state index in [4.69, 9.17) is 21.1 Å². The Morgan fingerprint density at radius 3 is 2.70 bits per heavy atom. The number of aromatic amines is 1. The van der Waals surface area contributed by atoms with Crippen LogP contribution in [0.2, 0.25) is 5.02 Å². The van der Waals surface area contributed by atoms with Gasteiger partial charge < -0.3 is 9.47 Å². The molecule has 1 heterocycles. The Hall–Kier alpha value is -3.06. The van der Waals surface area contributed by atoms with Crippen molar-refractivity contribution in [3.8, 4) is 22.9 Å². The molecule has 140 valence electrons. The third-order valence-corrected chi connectivity index (χ3v) is 3.86. The number of rotatable bonds is 6. The van der Waals surface area contributed by atoms with Crippen molar-refractivity contribution in [1.29, 1.82) is 0 Å². The second kappa shape index (κ2) is 8.09. The summed E-state index contributed by atoms with van der Waals surface area (Å²) < 4.78 is 11.0. The summed E-state index contributed by atoms with van der Waals surface area (Å²) in [4.78, 5) is 17.0. The molecular formula is C19H19ClN4O3. The number of hydrogen-bond donors (Lipinski definition) is 2. The van der Waals surface area contributed by atoms with E-state index in [1.165, 1.54) is 0 Å². The minimum Gasteiger partial charge on any atom is -0.496 e. The first kappa shape index (κ1) is 18.7. The highest BCUT2D eigenvalue weighted by atomic mass is 35.5. The first-order valence-electron chi connectivity index (χ1n) is 8.31. The normalized spacial score (nSPS) is 10.7. The Morgan fingerprint density at radius 1 is 1.19 bits per heavy atom. The molecule has 0 fully saturated rings. The summed E-state index contributed by atoms with van der Waals surface area (Å²) in [6.07, 6.45) is -0.0848. The van der Waals surface area contributed by atoms with E-state index in [2.05, 4.69) is 20.5 Å². The number of nitrogens with one attached hydrogen (secondary N) is 2. The lowest BCUT2D eigenvalue weighted by Crippen LogP contribution is -2.16.